The number of rotatable bonds is 5. The highest BCUT2D eigenvalue weighted by Gasteiger charge is 2.33. The second-order valence-corrected chi connectivity index (χ2v) is 8.73. The number of carbonyl (C=O) groups is 2. The summed E-state index contributed by atoms with van der Waals surface area (Å²) in [4.78, 5) is 26.1. The fraction of sp³-hybridized carbons (Fsp3) is 0.368. The highest BCUT2D eigenvalue weighted by molar-refractivity contribution is 7.91. The lowest BCUT2D eigenvalue weighted by Crippen LogP contribution is -2.40. The van der Waals surface area contributed by atoms with Gasteiger partial charge in [-0.3, -0.25) is 4.79 Å². The summed E-state index contributed by atoms with van der Waals surface area (Å²) in [5.74, 6) is -0.377. The van der Waals surface area contributed by atoms with Crippen LogP contribution in [-0.4, -0.2) is 63.5 Å². The van der Waals surface area contributed by atoms with Gasteiger partial charge in [0.15, 0.2) is 16.4 Å². The first kappa shape index (κ1) is 19.2. The highest BCUT2D eigenvalue weighted by Crippen LogP contribution is 2.28. The summed E-state index contributed by atoms with van der Waals surface area (Å²) in [5.41, 5.74) is 0.338. The van der Waals surface area contributed by atoms with Crippen molar-refractivity contribution in [1.29, 1.82) is 0 Å². The molecule has 0 N–H and O–H groups in total. The minimum Gasteiger partial charge on any atom is -0.496 e. The van der Waals surface area contributed by atoms with E-state index in [1.165, 1.54) is 11.9 Å². The van der Waals surface area contributed by atoms with Crippen LogP contribution in [0, 0.1) is 0 Å². The molecule has 1 atom stereocenters. The minimum atomic E-state index is -3.09. The molecule has 1 aliphatic heterocycles. The lowest BCUT2D eigenvalue weighted by Gasteiger charge is -2.23. The standard InChI is InChI=1S/C19H21NO6S/c1-20(13-9-10-27(23,24)12-13)18(21)11-26-19(22)16-7-8-17(25-2)15-6-4-3-5-14(15)16/h3-8,13H,9-12H2,1-2H3/t13-/m0/s1. The van der Waals surface area contributed by atoms with Crippen molar-refractivity contribution in [2.24, 2.45) is 0 Å². The molecule has 1 aliphatic rings. The molecule has 0 aromatic heterocycles. The van der Waals surface area contributed by atoms with Crippen molar-refractivity contribution in [3.8, 4) is 5.75 Å². The molecule has 2 aromatic rings. The predicted octanol–water partition coefficient (Wildman–Crippen LogP) is 1.65. The van der Waals surface area contributed by atoms with Gasteiger partial charge in [0.1, 0.15) is 5.75 Å². The Balaban J connectivity index is 1.69. The van der Waals surface area contributed by atoms with Crippen molar-refractivity contribution in [1.82, 2.24) is 4.90 Å². The fourth-order valence-corrected chi connectivity index (χ4v) is 4.99. The number of ether oxygens (including phenoxy) is 2. The first-order valence-corrected chi connectivity index (χ1v) is 10.3. The summed E-state index contributed by atoms with van der Waals surface area (Å²) in [6, 6.07) is 10.2. The van der Waals surface area contributed by atoms with Gasteiger partial charge in [0.25, 0.3) is 5.91 Å². The molecule has 0 radical (unpaired) electrons. The molecular formula is C19H21NO6S. The fourth-order valence-electron chi connectivity index (χ4n) is 3.22. The van der Waals surface area contributed by atoms with Crippen LogP contribution in [0.1, 0.15) is 16.8 Å². The summed E-state index contributed by atoms with van der Waals surface area (Å²) in [6.07, 6.45) is 0.404. The molecular weight excluding hydrogens is 370 g/mol. The summed E-state index contributed by atoms with van der Waals surface area (Å²) in [6.45, 7) is -0.438. The van der Waals surface area contributed by atoms with E-state index < -0.39 is 28.3 Å². The van der Waals surface area contributed by atoms with Crippen LogP contribution in [0.4, 0.5) is 0 Å². The van der Waals surface area contributed by atoms with Crippen molar-refractivity contribution in [2.75, 3.05) is 32.3 Å². The van der Waals surface area contributed by atoms with Gasteiger partial charge >= 0.3 is 5.97 Å². The second-order valence-electron chi connectivity index (χ2n) is 6.50. The highest BCUT2D eigenvalue weighted by atomic mass is 32.2. The number of amides is 1. The molecule has 27 heavy (non-hydrogen) atoms. The van der Waals surface area contributed by atoms with Crippen molar-refractivity contribution in [3.05, 3.63) is 42.0 Å². The van der Waals surface area contributed by atoms with Crippen LogP contribution in [-0.2, 0) is 19.4 Å². The molecule has 8 heteroatoms. The van der Waals surface area contributed by atoms with Crippen LogP contribution in [0.3, 0.4) is 0 Å². The third kappa shape index (κ3) is 4.05. The van der Waals surface area contributed by atoms with E-state index in [1.54, 1.807) is 31.4 Å². The van der Waals surface area contributed by atoms with E-state index in [4.69, 9.17) is 9.47 Å². The number of hydrogen-bond acceptors (Lipinski definition) is 6. The van der Waals surface area contributed by atoms with Gasteiger partial charge in [0.05, 0.1) is 24.2 Å². The number of benzene rings is 2. The van der Waals surface area contributed by atoms with Crippen LogP contribution < -0.4 is 4.74 Å². The molecule has 3 rings (SSSR count). The van der Waals surface area contributed by atoms with Crippen molar-refractivity contribution < 1.29 is 27.5 Å². The Bertz CT molecular complexity index is 985. The number of hydrogen-bond donors (Lipinski definition) is 0. The molecule has 0 saturated carbocycles. The molecule has 1 saturated heterocycles. The summed E-state index contributed by atoms with van der Waals surface area (Å²) < 4.78 is 33.6. The van der Waals surface area contributed by atoms with Crippen LogP contribution in [0.25, 0.3) is 10.8 Å². The molecule has 144 valence electrons. The van der Waals surface area contributed by atoms with Crippen LogP contribution in [0.2, 0.25) is 0 Å². The smallest absolute Gasteiger partial charge is 0.339 e. The summed E-state index contributed by atoms with van der Waals surface area (Å²) >= 11 is 0. The van der Waals surface area contributed by atoms with E-state index in [0.717, 1.165) is 5.39 Å². The largest absolute Gasteiger partial charge is 0.496 e. The number of nitrogens with zero attached hydrogens (tertiary/aromatic N) is 1. The summed E-state index contributed by atoms with van der Waals surface area (Å²) in [7, 11) is -0.00746. The molecule has 0 aliphatic carbocycles. The van der Waals surface area contributed by atoms with Gasteiger partial charge in [0, 0.05) is 18.5 Å². The molecule has 0 bridgehead atoms. The Labute approximate surface area is 157 Å². The van der Waals surface area contributed by atoms with Crippen LogP contribution in [0.15, 0.2) is 36.4 Å². The first-order chi connectivity index (χ1) is 12.8. The Morgan fingerprint density at radius 2 is 1.85 bits per heavy atom. The zero-order valence-corrected chi connectivity index (χ0v) is 16.0. The van der Waals surface area contributed by atoms with Crippen molar-refractivity contribution in [3.63, 3.8) is 0 Å². The predicted molar refractivity (Wildman–Crippen MR) is 101 cm³/mol. The van der Waals surface area contributed by atoms with Crippen LogP contribution >= 0.6 is 0 Å². The monoisotopic (exact) mass is 391 g/mol. The van der Waals surface area contributed by atoms with Crippen molar-refractivity contribution >= 4 is 32.5 Å². The van der Waals surface area contributed by atoms with Gasteiger partial charge in [-0.1, -0.05) is 24.3 Å². The van der Waals surface area contributed by atoms with E-state index in [2.05, 4.69) is 0 Å². The topological polar surface area (TPSA) is 90.0 Å². The van der Waals surface area contributed by atoms with E-state index >= 15 is 0 Å². The number of esters is 1. The van der Waals surface area contributed by atoms with Crippen LogP contribution in [0.5, 0.6) is 5.75 Å². The molecule has 1 fully saturated rings. The normalized spacial score (nSPS) is 18.2. The number of carbonyl (C=O) groups excluding carboxylic acids is 2. The van der Waals surface area contributed by atoms with E-state index in [-0.39, 0.29) is 17.5 Å². The first-order valence-electron chi connectivity index (χ1n) is 8.51. The Hall–Kier alpha value is -2.61. The maximum absolute atomic E-state index is 12.5. The average Bonchev–Trinajstić information content (AvgIpc) is 3.04. The van der Waals surface area contributed by atoms with Crippen molar-refractivity contribution in [2.45, 2.75) is 12.5 Å². The maximum atomic E-state index is 12.5. The average molecular weight is 391 g/mol. The zero-order valence-electron chi connectivity index (χ0n) is 15.2. The van der Waals surface area contributed by atoms with E-state index in [0.29, 0.717) is 23.1 Å². The summed E-state index contributed by atoms with van der Waals surface area (Å²) in [5, 5.41) is 1.44. The van der Waals surface area contributed by atoms with E-state index in [9.17, 15) is 18.0 Å². The molecule has 7 nitrogen and oxygen atoms in total. The number of sulfone groups is 1. The molecule has 0 spiro atoms. The SMILES string of the molecule is COc1ccc(C(=O)OCC(=O)N(C)[C@H]2CCS(=O)(=O)C2)c2ccccc12. The Morgan fingerprint density at radius 3 is 2.48 bits per heavy atom. The Kier molecular flexibility index (Phi) is 5.36. The maximum Gasteiger partial charge on any atom is 0.339 e. The van der Waals surface area contributed by atoms with Gasteiger partial charge in [-0.25, -0.2) is 13.2 Å². The molecule has 1 amide bonds. The lowest BCUT2D eigenvalue weighted by molar-refractivity contribution is -0.134. The van der Waals surface area contributed by atoms with Gasteiger partial charge in [-0.2, -0.15) is 0 Å². The quantitative estimate of drug-likeness (QED) is 0.720. The van der Waals surface area contributed by atoms with E-state index in [1.807, 2.05) is 12.1 Å². The van der Waals surface area contributed by atoms with Gasteiger partial charge < -0.3 is 14.4 Å². The number of likely N-dealkylation sites (N-methyl/N-ethyl adjacent to an activating group) is 1. The minimum absolute atomic E-state index is 0.0493. The van der Waals surface area contributed by atoms with Gasteiger partial charge in [-0.15, -0.1) is 0 Å². The zero-order chi connectivity index (χ0) is 19.6. The molecule has 1 heterocycles. The second kappa shape index (κ2) is 7.56. The molecule has 0 unspecified atom stereocenters. The Morgan fingerprint density at radius 1 is 1.15 bits per heavy atom. The number of fused-ring (bicyclic) bond motifs is 1. The lowest BCUT2D eigenvalue weighted by atomic mass is 10.0. The molecule has 2 aromatic carbocycles. The van der Waals surface area contributed by atoms with Gasteiger partial charge in [-0.05, 0) is 23.9 Å². The third-order valence-corrected chi connectivity index (χ3v) is 6.55. The third-order valence-electron chi connectivity index (χ3n) is 4.80. The van der Waals surface area contributed by atoms with Gasteiger partial charge in [0.2, 0.25) is 0 Å². The number of methoxy groups -OCH3 is 1.